The third-order valence-electron chi connectivity index (χ3n) is 7.97. The van der Waals surface area contributed by atoms with Crippen molar-refractivity contribution >= 4 is 5.91 Å². The largest absolute Gasteiger partial charge is 0.403 e. The van der Waals surface area contributed by atoms with E-state index in [1.54, 1.807) is 6.20 Å². The van der Waals surface area contributed by atoms with Gasteiger partial charge in [0.25, 0.3) is 0 Å². The summed E-state index contributed by atoms with van der Waals surface area (Å²) in [6.07, 6.45) is 8.48. The number of nitrogens with one attached hydrogen (secondary N) is 1. The highest BCUT2D eigenvalue weighted by Crippen LogP contribution is 2.56. The van der Waals surface area contributed by atoms with Crippen molar-refractivity contribution in [2.75, 3.05) is 39.8 Å². The van der Waals surface area contributed by atoms with Crippen LogP contribution in [0, 0.1) is 23.2 Å². The third-order valence-corrected chi connectivity index (χ3v) is 7.97. The zero-order chi connectivity index (χ0) is 22.8. The van der Waals surface area contributed by atoms with Gasteiger partial charge in [0, 0.05) is 50.5 Å². The second kappa shape index (κ2) is 9.81. The molecule has 2 fully saturated rings. The molecule has 3 unspecified atom stereocenters. The Kier molecular flexibility index (Phi) is 7.56. The van der Waals surface area contributed by atoms with Crippen molar-refractivity contribution in [2.45, 2.75) is 60.3 Å². The zero-order valence-corrected chi connectivity index (χ0v) is 20.6. The van der Waals surface area contributed by atoms with E-state index in [4.69, 9.17) is 5.73 Å². The van der Waals surface area contributed by atoms with Crippen molar-refractivity contribution in [1.29, 1.82) is 0 Å². The zero-order valence-electron chi connectivity index (χ0n) is 20.6. The predicted molar refractivity (Wildman–Crippen MR) is 129 cm³/mol. The standard InChI is InChI=1S/C26H44N4O/c1-7-26(5)15-23(22(18(2)3)14-20-8-9-21(16-27)28-17-20)24(26)19(4)25(31)30-12-10-29(6)11-13-30/h14,16,18-19,22,28H,7-13,15,17,27H2,1-6H3/b20-14+,21-16-. The van der Waals surface area contributed by atoms with E-state index in [1.807, 2.05) is 0 Å². The van der Waals surface area contributed by atoms with Crippen LogP contribution in [0.25, 0.3) is 0 Å². The van der Waals surface area contributed by atoms with Crippen molar-refractivity contribution in [2.24, 2.45) is 28.9 Å². The Morgan fingerprint density at radius 2 is 1.87 bits per heavy atom. The van der Waals surface area contributed by atoms with Crippen molar-refractivity contribution in [3.8, 4) is 0 Å². The van der Waals surface area contributed by atoms with Gasteiger partial charge in [-0.1, -0.05) is 50.5 Å². The van der Waals surface area contributed by atoms with Gasteiger partial charge in [-0.05, 0) is 51.0 Å². The van der Waals surface area contributed by atoms with Gasteiger partial charge in [-0.15, -0.1) is 0 Å². The van der Waals surface area contributed by atoms with Gasteiger partial charge in [0.15, 0.2) is 0 Å². The number of carbonyl (C=O) groups is 1. The monoisotopic (exact) mass is 428 g/mol. The van der Waals surface area contributed by atoms with Crippen molar-refractivity contribution in [3.63, 3.8) is 0 Å². The van der Waals surface area contributed by atoms with E-state index in [9.17, 15) is 4.79 Å². The van der Waals surface area contributed by atoms with Gasteiger partial charge in [-0.2, -0.15) is 0 Å². The molecular weight excluding hydrogens is 384 g/mol. The smallest absolute Gasteiger partial charge is 0.229 e. The first-order valence-electron chi connectivity index (χ1n) is 12.2. The van der Waals surface area contributed by atoms with Crippen molar-refractivity contribution in [1.82, 2.24) is 15.1 Å². The summed E-state index contributed by atoms with van der Waals surface area (Å²) < 4.78 is 0. The third kappa shape index (κ3) is 5.02. The molecule has 5 heteroatoms. The summed E-state index contributed by atoms with van der Waals surface area (Å²) in [5.41, 5.74) is 11.4. The molecule has 2 saturated heterocycles. The minimum absolute atomic E-state index is 0.0204. The first-order valence-corrected chi connectivity index (χ1v) is 12.2. The number of piperazine rings is 1. The minimum Gasteiger partial charge on any atom is -0.403 e. The number of carbonyl (C=O) groups excluding carboxylic acids is 1. The molecule has 1 amide bonds. The van der Waals surface area contributed by atoms with E-state index in [1.165, 1.54) is 16.7 Å². The lowest BCUT2D eigenvalue weighted by molar-refractivity contribution is -0.136. The van der Waals surface area contributed by atoms with Crippen LogP contribution in [0.5, 0.6) is 0 Å². The maximum Gasteiger partial charge on any atom is 0.229 e. The lowest BCUT2D eigenvalue weighted by Crippen LogP contribution is -2.50. The summed E-state index contributed by atoms with van der Waals surface area (Å²) in [5.74, 6) is 1.24. The highest BCUT2D eigenvalue weighted by molar-refractivity contribution is 5.82. The molecule has 3 N–H and O–H groups in total. The second-order valence-corrected chi connectivity index (χ2v) is 10.5. The van der Waals surface area contributed by atoms with E-state index in [0.717, 1.165) is 64.1 Å². The Morgan fingerprint density at radius 3 is 2.39 bits per heavy atom. The molecule has 31 heavy (non-hydrogen) atoms. The van der Waals surface area contributed by atoms with Crippen LogP contribution in [0.1, 0.15) is 60.3 Å². The summed E-state index contributed by atoms with van der Waals surface area (Å²) in [5, 5.41) is 3.45. The molecule has 5 nitrogen and oxygen atoms in total. The molecule has 0 aromatic carbocycles. The van der Waals surface area contributed by atoms with Crippen LogP contribution < -0.4 is 11.1 Å². The van der Waals surface area contributed by atoms with Crippen LogP contribution in [0.15, 0.2) is 34.7 Å². The number of piperidine rings is 1. The molecule has 0 radical (unpaired) electrons. The molecule has 0 spiro atoms. The first kappa shape index (κ1) is 23.9. The van der Waals surface area contributed by atoms with Gasteiger partial charge in [0.1, 0.15) is 0 Å². The molecule has 0 bridgehead atoms. The summed E-state index contributed by atoms with van der Waals surface area (Å²) in [6, 6.07) is 0. The van der Waals surface area contributed by atoms with Crippen LogP contribution in [-0.4, -0.2) is 55.5 Å². The molecule has 3 rings (SSSR count). The highest BCUT2D eigenvalue weighted by atomic mass is 16.2. The Labute approximate surface area is 189 Å². The minimum atomic E-state index is -0.0204. The summed E-state index contributed by atoms with van der Waals surface area (Å²) >= 11 is 0. The number of likely N-dealkylation sites (N-methyl/N-ethyl adjacent to an activating group) is 1. The van der Waals surface area contributed by atoms with E-state index >= 15 is 0 Å². The van der Waals surface area contributed by atoms with Crippen LogP contribution >= 0.6 is 0 Å². The summed E-state index contributed by atoms with van der Waals surface area (Å²) in [7, 11) is 2.14. The quantitative estimate of drug-likeness (QED) is 0.630. The first-order chi connectivity index (χ1) is 14.7. The average Bonchev–Trinajstić information content (AvgIpc) is 2.76. The van der Waals surface area contributed by atoms with Gasteiger partial charge in [-0.25, -0.2) is 0 Å². The van der Waals surface area contributed by atoms with Crippen molar-refractivity contribution < 1.29 is 4.79 Å². The van der Waals surface area contributed by atoms with Crippen molar-refractivity contribution in [3.05, 3.63) is 34.7 Å². The van der Waals surface area contributed by atoms with Crippen LogP contribution in [0.4, 0.5) is 0 Å². The Balaban J connectivity index is 1.86. The number of amides is 1. The number of rotatable bonds is 6. The number of allylic oxidation sites excluding steroid dienone is 3. The van der Waals surface area contributed by atoms with Gasteiger partial charge < -0.3 is 20.9 Å². The molecule has 174 valence electrons. The molecule has 1 aliphatic carbocycles. The van der Waals surface area contributed by atoms with Crippen LogP contribution in [0.2, 0.25) is 0 Å². The molecule has 3 aliphatic rings. The number of hydrogen-bond acceptors (Lipinski definition) is 4. The van der Waals surface area contributed by atoms with Gasteiger partial charge in [0.05, 0.1) is 5.92 Å². The molecule has 2 heterocycles. The average molecular weight is 429 g/mol. The van der Waals surface area contributed by atoms with E-state index < -0.39 is 0 Å². The highest BCUT2D eigenvalue weighted by Gasteiger charge is 2.46. The molecular formula is C26H44N4O. The molecule has 2 aliphatic heterocycles. The SMILES string of the molecule is CCC1(C)CC(C(/C=C2\CC/C(=C/N)NC2)C(C)C)=C1C(C)C(=O)N1CCN(C)CC1. The maximum atomic E-state index is 13.5. The Morgan fingerprint density at radius 1 is 1.19 bits per heavy atom. The number of nitrogens with two attached hydrogens (primary N) is 1. The van der Waals surface area contributed by atoms with E-state index in [0.29, 0.717) is 17.7 Å². The van der Waals surface area contributed by atoms with Gasteiger partial charge in [-0.3, -0.25) is 4.79 Å². The molecule has 0 aromatic heterocycles. The molecule has 3 atom stereocenters. The lowest BCUT2D eigenvalue weighted by Gasteiger charge is -2.49. The summed E-state index contributed by atoms with van der Waals surface area (Å²) in [6.45, 7) is 16.0. The molecule has 0 aromatic rings. The number of nitrogens with zero attached hydrogens (tertiary/aromatic N) is 2. The topological polar surface area (TPSA) is 61.6 Å². The van der Waals surface area contributed by atoms with Gasteiger partial charge >= 0.3 is 0 Å². The Hall–Kier alpha value is -1.75. The molecule has 0 saturated carbocycles. The fourth-order valence-corrected chi connectivity index (χ4v) is 5.66. The van der Waals surface area contributed by atoms with E-state index in [-0.39, 0.29) is 11.3 Å². The second-order valence-electron chi connectivity index (χ2n) is 10.5. The van der Waals surface area contributed by atoms with Crippen LogP contribution in [-0.2, 0) is 4.79 Å². The fourth-order valence-electron chi connectivity index (χ4n) is 5.66. The summed E-state index contributed by atoms with van der Waals surface area (Å²) in [4.78, 5) is 17.9. The van der Waals surface area contributed by atoms with E-state index in [2.05, 4.69) is 62.9 Å². The Bertz CT molecular complexity index is 745. The lowest BCUT2D eigenvalue weighted by atomic mass is 9.56. The fraction of sp³-hybridized carbons (Fsp3) is 0.731. The predicted octanol–water partition coefficient (Wildman–Crippen LogP) is 3.90. The van der Waals surface area contributed by atoms with Gasteiger partial charge in [0.2, 0.25) is 5.91 Å². The number of hydrogen-bond donors (Lipinski definition) is 2. The normalized spacial score (nSPS) is 29.8. The maximum absolute atomic E-state index is 13.5. The van der Waals surface area contributed by atoms with Crippen LogP contribution in [0.3, 0.4) is 0 Å².